The molecule has 1 aliphatic rings. The molecule has 31 heavy (non-hydrogen) atoms. The van der Waals surface area contributed by atoms with Crippen LogP contribution in [-0.4, -0.2) is 51.9 Å². The van der Waals surface area contributed by atoms with Crippen LogP contribution in [0.15, 0.2) is 34.2 Å². The van der Waals surface area contributed by atoms with Crippen LogP contribution in [0.4, 0.5) is 0 Å². The molecule has 0 bridgehead atoms. The van der Waals surface area contributed by atoms with Gasteiger partial charge in [-0.15, -0.1) is 11.3 Å². The lowest BCUT2D eigenvalue weighted by Crippen LogP contribution is -2.44. The lowest BCUT2D eigenvalue weighted by Gasteiger charge is -2.30. The van der Waals surface area contributed by atoms with E-state index in [1.807, 2.05) is 45.0 Å². The number of thiophene rings is 1. The van der Waals surface area contributed by atoms with Crippen LogP contribution in [0, 0.1) is 13.8 Å². The van der Waals surface area contributed by atoms with Crippen molar-refractivity contribution in [2.45, 2.75) is 32.0 Å². The molecule has 0 saturated carbocycles. The SMILES string of the molecule is CCN(CC1COc2ccccc2O1)C(=O)CSc1nc2sc(C)c(C)c2c(=O)n1C. The van der Waals surface area contributed by atoms with E-state index in [2.05, 4.69) is 4.98 Å². The summed E-state index contributed by atoms with van der Waals surface area (Å²) in [4.78, 5) is 33.9. The monoisotopic (exact) mass is 459 g/mol. The third kappa shape index (κ3) is 4.29. The first-order chi connectivity index (χ1) is 14.9. The largest absolute Gasteiger partial charge is 0.486 e. The molecule has 0 aliphatic carbocycles. The molecule has 2 aromatic heterocycles. The van der Waals surface area contributed by atoms with Crippen LogP contribution in [0.2, 0.25) is 0 Å². The number of carbonyl (C=O) groups excluding carboxylic acids is 1. The Morgan fingerprint density at radius 3 is 2.81 bits per heavy atom. The molecule has 1 amide bonds. The first-order valence-corrected chi connectivity index (χ1v) is 11.9. The van der Waals surface area contributed by atoms with E-state index in [0.29, 0.717) is 36.0 Å². The lowest BCUT2D eigenvalue weighted by molar-refractivity contribution is -0.129. The van der Waals surface area contributed by atoms with E-state index in [-0.39, 0.29) is 23.3 Å². The average molecular weight is 460 g/mol. The molecule has 164 valence electrons. The summed E-state index contributed by atoms with van der Waals surface area (Å²) in [7, 11) is 1.70. The van der Waals surface area contributed by atoms with Crippen LogP contribution in [-0.2, 0) is 11.8 Å². The lowest BCUT2D eigenvalue weighted by atomic mass is 10.2. The number of likely N-dealkylation sites (N-methyl/N-ethyl adjacent to an activating group) is 1. The van der Waals surface area contributed by atoms with E-state index in [1.165, 1.54) is 27.7 Å². The van der Waals surface area contributed by atoms with Gasteiger partial charge in [-0.1, -0.05) is 23.9 Å². The van der Waals surface area contributed by atoms with Crippen LogP contribution in [0.3, 0.4) is 0 Å². The third-order valence-corrected chi connectivity index (χ3v) is 7.54. The summed E-state index contributed by atoms with van der Waals surface area (Å²) in [5.41, 5.74) is 0.912. The predicted molar refractivity (Wildman–Crippen MR) is 124 cm³/mol. The van der Waals surface area contributed by atoms with Gasteiger partial charge >= 0.3 is 0 Å². The van der Waals surface area contributed by atoms with Crippen molar-refractivity contribution < 1.29 is 14.3 Å². The molecule has 0 N–H and O–H groups in total. The number of aryl methyl sites for hydroxylation is 2. The number of carbonyl (C=O) groups is 1. The fraction of sp³-hybridized carbons (Fsp3) is 0.409. The summed E-state index contributed by atoms with van der Waals surface area (Å²) in [6, 6.07) is 7.54. The van der Waals surface area contributed by atoms with Crippen molar-refractivity contribution in [3.8, 4) is 11.5 Å². The van der Waals surface area contributed by atoms with Crippen LogP contribution >= 0.6 is 23.1 Å². The second-order valence-corrected chi connectivity index (χ2v) is 9.59. The normalized spacial score (nSPS) is 15.3. The number of hydrogen-bond acceptors (Lipinski definition) is 7. The summed E-state index contributed by atoms with van der Waals surface area (Å²) < 4.78 is 13.3. The first kappa shape index (κ1) is 21.7. The third-order valence-electron chi connectivity index (χ3n) is 5.42. The van der Waals surface area contributed by atoms with Crippen molar-refractivity contribution >= 4 is 39.2 Å². The van der Waals surface area contributed by atoms with Gasteiger partial charge < -0.3 is 14.4 Å². The van der Waals surface area contributed by atoms with E-state index < -0.39 is 0 Å². The number of hydrogen-bond donors (Lipinski definition) is 0. The fourth-order valence-corrected chi connectivity index (χ4v) is 5.45. The molecule has 0 radical (unpaired) electrons. The Bertz CT molecular complexity index is 1190. The Morgan fingerprint density at radius 1 is 1.32 bits per heavy atom. The summed E-state index contributed by atoms with van der Waals surface area (Å²) in [6.07, 6.45) is -0.223. The van der Waals surface area contributed by atoms with Gasteiger partial charge in [-0.25, -0.2) is 4.98 Å². The highest BCUT2D eigenvalue weighted by atomic mass is 32.2. The van der Waals surface area contributed by atoms with Crippen molar-refractivity contribution in [3.05, 3.63) is 45.1 Å². The number of rotatable bonds is 6. The van der Waals surface area contributed by atoms with Gasteiger partial charge in [-0.3, -0.25) is 14.2 Å². The van der Waals surface area contributed by atoms with Crippen LogP contribution in [0.25, 0.3) is 10.2 Å². The van der Waals surface area contributed by atoms with Gasteiger partial charge in [0.2, 0.25) is 5.91 Å². The minimum Gasteiger partial charge on any atom is -0.486 e. The number of nitrogens with zero attached hydrogens (tertiary/aromatic N) is 3. The van der Waals surface area contributed by atoms with Gasteiger partial charge in [0.1, 0.15) is 11.4 Å². The molecule has 3 heterocycles. The number of aromatic nitrogens is 2. The second kappa shape index (κ2) is 8.92. The highest BCUT2D eigenvalue weighted by Crippen LogP contribution is 2.31. The van der Waals surface area contributed by atoms with Gasteiger partial charge in [0.05, 0.1) is 17.7 Å². The molecule has 4 rings (SSSR count). The number of thioether (sulfide) groups is 1. The van der Waals surface area contributed by atoms with Crippen molar-refractivity contribution in [2.75, 3.05) is 25.4 Å². The van der Waals surface area contributed by atoms with Crippen molar-refractivity contribution in [3.63, 3.8) is 0 Å². The van der Waals surface area contributed by atoms with Crippen LogP contribution in [0.1, 0.15) is 17.4 Å². The minimum absolute atomic E-state index is 0.0251. The Morgan fingerprint density at radius 2 is 2.06 bits per heavy atom. The Kier molecular flexibility index (Phi) is 6.24. The summed E-state index contributed by atoms with van der Waals surface area (Å²) in [5.74, 6) is 1.60. The molecule has 3 aromatic rings. The van der Waals surface area contributed by atoms with Gasteiger partial charge in [0.15, 0.2) is 22.8 Å². The maximum atomic E-state index is 12.9. The van der Waals surface area contributed by atoms with E-state index in [9.17, 15) is 9.59 Å². The number of fused-ring (bicyclic) bond motifs is 2. The van der Waals surface area contributed by atoms with Gasteiger partial charge in [0.25, 0.3) is 5.56 Å². The zero-order chi connectivity index (χ0) is 22.1. The zero-order valence-corrected chi connectivity index (χ0v) is 19.6. The van der Waals surface area contributed by atoms with Crippen molar-refractivity contribution in [1.29, 1.82) is 0 Å². The summed E-state index contributed by atoms with van der Waals surface area (Å²) in [5, 5.41) is 1.22. The van der Waals surface area contributed by atoms with Crippen LogP contribution < -0.4 is 15.0 Å². The highest BCUT2D eigenvalue weighted by molar-refractivity contribution is 7.99. The van der Waals surface area contributed by atoms with Gasteiger partial charge in [-0.2, -0.15) is 0 Å². The summed E-state index contributed by atoms with van der Waals surface area (Å²) in [6.45, 7) is 7.29. The standard InChI is InChI=1S/C22H25N3O4S2/c1-5-25(10-15-11-28-16-8-6-7-9-17(16)29-15)18(26)12-30-22-23-20-19(21(27)24(22)4)13(2)14(3)31-20/h6-9,15H,5,10-12H2,1-4H3. The predicted octanol–water partition coefficient (Wildman–Crippen LogP) is 3.39. The number of para-hydroxylation sites is 2. The number of benzene rings is 1. The Hall–Kier alpha value is -2.52. The molecule has 0 spiro atoms. The van der Waals surface area contributed by atoms with Gasteiger partial charge in [-0.05, 0) is 38.5 Å². The zero-order valence-electron chi connectivity index (χ0n) is 18.0. The fourth-order valence-electron chi connectivity index (χ4n) is 3.51. The number of amides is 1. The van der Waals surface area contributed by atoms with E-state index in [1.54, 1.807) is 11.9 Å². The van der Waals surface area contributed by atoms with E-state index >= 15 is 0 Å². The quantitative estimate of drug-likeness (QED) is 0.416. The van der Waals surface area contributed by atoms with Gasteiger partial charge in [0, 0.05) is 18.5 Å². The average Bonchev–Trinajstić information content (AvgIpc) is 3.06. The molecule has 1 aromatic carbocycles. The molecule has 7 nitrogen and oxygen atoms in total. The molecule has 1 unspecified atom stereocenters. The number of ether oxygens (including phenoxy) is 2. The molecule has 1 aliphatic heterocycles. The summed E-state index contributed by atoms with van der Waals surface area (Å²) >= 11 is 2.80. The molecule has 0 saturated heterocycles. The molecule has 1 atom stereocenters. The maximum absolute atomic E-state index is 12.9. The molecular formula is C22H25N3O4S2. The Balaban J connectivity index is 1.43. The van der Waals surface area contributed by atoms with E-state index in [4.69, 9.17) is 9.47 Å². The van der Waals surface area contributed by atoms with Crippen molar-refractivity contribution in [1.82, 2.24) is 14.5 Å². The first-order valence-electron chi connectivity index (χ1n) is 10.1. The van der Waals surface area contributed by atoms with Crippen LogP contribution in [0.5, 0.6) is 11.5 Å². The topological polar surface area (TPSA) is 73.7 Å². The molecular weight excluding hydrogens is 434 g/mol. The molecule has 0 fully saturated rings. The minimum atomic E-state index is -0.223. The molecule has 9 heteroatoms. The smallest absolute Gasteiger partial charge is 0.262 e. The highest BCUT2D eigenvalue weighted by Gasteiger charge is 2.25. The Labute approximate surface area is 189 Å². The van der Waals surface area contributed by atoms with Crippen molar-refractivity contribution in [2.24, 2.45) is 7.05 Å². The van der Waals surface area contributed by atoms with E-state index in [0.717, 1.165) is 21.0 Å². The second-order valence-electron chi connectivity index (χ2n) is 7.44. The maximum Gasteiger partial charge on any atom is 0.262 e.